The van der Waals surface area contributed by atoms with Crippen molar-refractivity contribution in [2.75, 3.05) is 0 Å². The van der Waals surface area contributed by atoms with E-state index in [4.69, 9.17) is 11.6 Å². The van der Waals surface area contributed by atoms with Crippen molar-refractivity contribution in [2.24, 2.45) is 0 Å². The number of rotatable bonds is 5. The van der Waals surface area contributed by atoms with Crippen LogP contribution in [-0.2, 0) is 13.1 Å². The Hall–Kier alpha value is -3.23. The highest BCUT2D eigenvalue weighted by Gasteiger charge is 2.17. The summed E-state index contributed by atoms with van der Waals surface area (Å²) in [4.78, 5) is 43.1. The van der Waals surface area contributed by atoms with Crippen LogP contribution in [0.3, 0.4) is 0 Å². The summed E-state index contributed by atoms with van der Waals surface area (Å²) in [5.41, 5.74) is 1.25. The van der Waals surface area contributed by atoms with Crippen LogP contribution in [0.4, 0.5) is 0 Å². The highest BCUT2D eigenvalue weighted by atomic mass is 35.5. The molecule has 1 N–H and O–H groups in total. The smallest absolute Gasteiger partial charge is 0.336 e. The van der Waals surface area contributed by atoms with Gasteiger partial charge in [-0.2, -0.15) is 0 Å². The van der Waals surface area contributed by atoms with Crippen LogP contribution in [0.5, 0.6) is 0 Å². The van der Waals surface area contributed by atoms with Gasteiger partial charge in [0, 0.05) is 35.7 Å². The van der Waals surface area contributed by atoms with Gasteiger partial charge in [-0.3, -0.25) is 23.5 Å². The van der Waals surface area contributed by atoms with Gasteiger partial charge in [-0.1, -0.05) is 23.7 Å². The lowest BCUT2D eigenvalue weighted by molar-refractivity contribution is 0.0954. The molecule has 7 nitrogen and oxygen atoms in total. The van der Waals surface area contributed by atoms with Crippen LogP contribution < -0.4 is 16.6 Å². The van der Waals surface area contributed by atoms with E-state index >= 15 is 0 Å². The number of hydrogen-bond donors (Lipinski definition) is 1. The van der Waals surface area contributed by atoms with Crippen molar-refractivity contribution < 1.29 is 4.79 Å². The molecule has 0 fully saturated rings. The first-order valence-corrected chi connectivity index (χ1v) is 10.3. The maximum atomic E-state index is 13.0. The number of carbonyl (C=O) groups excluding carboxylic acids is 1. The first kappa shape index (κ1) is 20.1. The number of fused-ring (bicyclic) bond motifs is 1. The van der Waals surface area contributed by atoms with Crippen LogP contribution in [0, 0.1) is 6.92 Å². The quantitative estimate of drug-likeness (QED) is 0.517. The van der Waals surface area contributed by atoms with Gasteiger partial charge in [-0.05, 0) is 42.3 Å². The number of halogens is 1. The molecule has 1 amide bonds. The molecule has 152 valence electrons. The summed E-state index contributed by atoms with van der Waals surface area (Å²) in [6.07, 6.45) is 4.78. The van der Waals surface area contributed by atoms with Crippen molar-refractivity contribution in [1.82, 2.24) is 19.3 Å². The number of benzene rings is 1. The third-order valence-corrected chi connectivity index (χ3v) is 6.13. The zero-order valence-electron chi connectivity index (χ0n) is 16.0. The number of nitrogens with one attached hydrogen (secondary N) is 1. The average Bonchev–Trinajstić information content (AvgIpc) is 3.21. The maximum Gasteiger partial charge on any atom is 0.336 e. The summed E-state index contributed by atoms with van der Waals surface area (Å²) in [6, 6.07) is 10.6. The molecule has 4 aromatic rings. The van der Waals surface area contributed by atoms with Crippen molar-refractivity contribution in [1.29, 1.82) is 0 Å². The molecule has 0 saturated heterocycles. The summed E-state index contributed by atoms with van der Waals surface area (Å²) in [5, 5.41) is 3.40. The number of hydrogen-bond acceptors (Lipinski definition) is 5. The highest BCUT2D eigenvalue weighted by Crippen LogP contribution is 2.18. The normalized spacial score (nSPS) is 11.0. The predicted octanol–water partition coefficient (Wildman–Crippen LogP) is 2.86. The second-order valence-electron chi connectivity index (χ2n) is 6.73. The van der Waals surface area contributed by atoms with E-state index < -0.39 is 5.69 Å². The number of nitrogens with zero attached hydrogens (tertiary/aromatic N) is 3. The van der Waals surface area contributed by atoms with Gasteiger partial charge in [0.05, 0.1) is 6.54 Å². The van der Waals surface area contributed by atoms with Crippen molar-refractivity contribution >= 4 is 33.7 Å². The summed E-state index contributed by atoms with van der Waals surface area (Å²) in [6.45, 7) is 2.12. The lowest BCUT2D eigenvalue weighted by atomic mass is 10.2. The SMILES string of the molecule is Cc1c(=O)n(Cc2ccc(Cl)cc2)c(=O)n2cc(C(=O)NCc3ccncc3)sc12. The van der Waals surface area contributed by atoms with Gasteiger partial charge >= 0.3 is 5.69 Å². The van der Waals surface area contributed by atoms with Crippen molar-refractivity contribution in [2.45, 2.75) is 20.0 Å². The molecule has 0 saturated carbocycles. The highest BCUT2D eigenvalue weighted by molar-refractivity contribution is 7.19. The summed E-state index contributed by atoms with van der Waals surface area (Å²) in [5.74, 6) is -0.309. The average molecular weight is 441 g/mol. The van der Waals surface area contributed by atoms with Gasteiger partial charge in [-0.15, -0.1) is 11.3 Å². The number of aryl methyl sites for hydroxylation is 1. The van der Waals surface area contributed by atoms with E-state index in [0.29, 0.717) is 26.8 Å². The fraction of sp³-hybridized carbons (Fsp3) is 0.143. The third kappa shape index (κ3) is 3.92. The Bertz CT molecular complexity index is 1340. The number of pyridine rings is 1. The third-order valence-electron chi connectivity index (χ3n) is 4.68. The minimum absolute atomic E-state index is 0.123. The van der Waals surface area contributed by atoms with E-state index in [0.717, 1.165) is 27.0 Å². The van der Waals surface area contributed by atoms with E-state index in [1.807, 2.05) is 12.1 Å². The fourth-order valence-corrected chi connectivity index (χ4v) is 4.18. The van der Waals surface area contributed by atoms with E-state index in [2.05, 4.69) is 10.3 Å². The van der Waals surface area contributed by atoms with Crippen LogP contribution in [0.2, 0.25) is 5.02 Å². The molecular formula is C21H17ClN4O3S. The van der Waals surface area contributed by atoms with Crippen LogP contribution in [0.15, 0.2) is 64.6 Å². The second kappa shape index (κ2) is 8.25. The molecule has 9 heteroatoms. The largest absolute Gasteiger partial charge is 0.347 e. The number of carbonyl (C=O) groups is 1. The second-order valence-corrected chi connectivity index (χ2v) is 8.20. The van der Waals surface area contributed by atoms with Gasteiger partial charge in [0.25, 0.3) is 11.5 Å². The molecule has 0 radical (unpaired) electrons. The van der Waals surface area contributed by atoms with E-state index in [1.54, 1.807) is 43.6 Å². The standard InChI is InChI=1S/C21H17ClN4O3S/c1-13-19(28)25(11-15-2-4-16(22)5-3-15)21(29)26-12-17(30-20(13)26)18(27)24-10-14-6-8-23-9-7-14/h2-9,12H,10-11H2,1H3,(H,24,27). The van der Waals surface area contributed by atoms with Gasteiger partial charge in [0.1, 0.15) is 9.71 Å². The lowest BCUT2D eigenvalue weighted by Crippen LogP contribution is -2.38. The van der Waals surface area contributed by atoms with Crippen molar-refractivity contribution in [3.8, 4) is 0 Å². The van der Waals surface area contributed by atoms with Crippen LogP contribution in [0.25, 0.3) is 4.83 Å². The molecule has 0 aliphatic carbocycles. The first-order chi connectivity index (χ1) is 14.4. The Balaban J connectivity index is 1.67. The molecule has 0 unspecified atom stereocenters. The Morgan fingerprint density at radius 1 is 1.10 bits per heavy atom. The number of amides is 1. The summed E-state index contributed by atoms with van der Waals surface area (Å²) < 4.78 is 2.52. The fourth-order valence-electron chi connectivity index (χ4n) is 3.05. The maximum absolute atomic E-state index is 13.0. The number of thiazole rings is 1. The zero-order valence-corrected chi connectivity index (χ0v) is 17.5. The van der Waals surface area contributed by atoms with E-state index in [1.165, 1.54) is 10.6 Å². The molecule has 0 aliphatic rings. The molecule has 1 aromatic carbocycles. The first-order valence-electron chi connectivity index (χ1n) is 9.11. The Morgan fingerprint density at radius 3 is 2.50 bits per heavy atom. The summed E-state index contributed by atoms with van der Waals surface area (Å²) >= 11 is 7.02. The van der Waals surface area contributed by atoms with Crippen LogP contribution in [0.1, 0.15) is 26.4 Å². The Kier molecular flexibility index (Phi) is 5.52. The predicted molar refractivity (Wildman–Crippen MR) is 117 cm³/mol. The van der Waals surface area contributed by atoms with Gasteiger partial charge in [-0.25, -0.2) is 4.79 Å². The van der Waals surface area contributed by atoms with Gasteiger partial charge in [0.15, 0.2) is 0 Å². The van der Waals surface area contributed by atoms with Crippen molar-refractivity contribution in [3.63, 3.8) is 0 Å². The number of aromatic nitrogens is 3. The Labute approximate surface area is 180 Å². The minimum Gasteiger partial charge on any atom is -0.347 e. The molecule has 0 bridgehead atoms. The zero-order chi connectivity index (χ0) is 21.3. The summed E-state index contributed by atoms with van der Waals surface area (Å²) in [7, 11) is 0. The van der Waals surface area contributed by atoms with Gasteiger partial charge < -0.3 is 5.32 Å². The molecule has 4 rings (SSSR count). The molecular weight excluding hydrogens is 424 g/mol. The minimum atomic E-state index is -0.486. The van der Waals surface area contributed by atoms with Crippen LogP contribution >= 0.6 is 22.9 Å². The molecule has 3 aromatic heterocycles. The van der Waals surface area contributed by atoms with Crippen LogP contribution in [-0.4, -0.2) is 19.9 Å². The molecule has 30 heavy (non-hydrogen) atoms. The molecule has 0 spiro atoms. The topological polar surface area (TPSA) is 85.5 Å². The van der Waals surface area contributed by atoms with Gasteiger partial charge in [0.2, 0.25) is 0 Å². The molecule has 0 aliphatic heterocycles. The molecule has 0 atom stereocenters. The molecule has 3 heterocycles. The monoisotopic (exact) mass is 440 g/mol. The Morgan fingerprint density at radius 2 is 1.80 bits per heavy atom. The van der Waals surface area contributed by atoms with Crippen molar-refractivity contribution in [3.05, 3.63) is 102 Å². The van der Waals surface area contributed by atoms with E-state index in [-0.39, 0.29) is 18.0 Å². The van der Waals surface area contributed by atoms with E-state index in [9.17, 15) is 14.4 Å². The lowest BCUT2D eigenvalue weighted by Gasteiger charge is -2.07.